The standard InChI is InChI=1S/C15H32N4O2S.HI/c1-5-16-15(18-13(3)9-11-22(4,20)21)17-12-14-8-7-10-19(14)6-2;/h13-14H,5-12H2,1-4H3,(H2,16,17,18);1H. The van der Waals surface area contributed by atoms with Crippen LogP contribution >= 0.6 is 24.0 Å². The zero-order valence-corrected chi connectivity index (χ0v) is 18.0. The monoisotopic (exact) mass is 460 g/mol. The van der Waals surface area contributed by atoms with E-state index in [-0.39, 0.29) is 35.8 Å². The van der Waals surface area contributed by atoms with E-state index in [4.69, 9.17) is 0 Å². The molecule has 6 nitrogen and oxygen atoms in total. The number of hydrogen-bond acceptors (Lipinski definition) is 4. The van der Waals surface area contributed by atoms with Crippen LogP contribution in [-0.2, 0) is 9.84 Å². The second-order valence-electron chi connectivity index (χ2n) is 6.11. The van der Waals surface area contributed by atoms with Crippen molar-refractivity contribution in [3.05, 3.63) is 0 Å². The van der Waals surface area contributed by atoms with Gasteiger partial charge in [-0.25, -0.2) is 8.42 Å². The molecule has 0 aromatic carbocycles. The van der Waals surface area contributed by atoms with Crippen LogP contribution < -0.4 is 10.6 Å². The van der Waals surface area contributed by atoms with Crippen LogP contribution in [0, 0.1) is 0 Å². The average molecular weight is 460 g/mol. The number of hydrogen-bond donors (Lipinski definition) is 2. The summed E-state index contributed by atoms with van der Waals surface area (Å²) in [6, 6.07) is 0.616. The lowest BCUT2D eigenvalue weighted by Crippen LogP contribution is -2.43. The Balaban J connectivity index is 0.00000484. The molecule has 1 rings (SSSR count). The number of aliphatic imine (C=N–C) groups is 1. The van der Waals surface area contributed by atoms with Gasteiger partial charge >= 0.3 is 0 Å². The van der Waals surface area contributed by atoms with Crippen molar-refractivity contribution in [2.45, 2.75) is 52.1 Å². The van der Waals surface area contributed by atoms with Crippen LogP contribution in [0.2, 0.25) is 0 Å². The predicted octanol–water partition coefficient (Wildman–Crippen LogP) is 1.47. The fourth-order valence-corrected chi connectivity index (χ4v) is 3.51. The number of halogens is 1. The molecular formula is C15H33IN4O2S. The maximum atomic E-state index is 11.2. The normalized spacial score (nSPS) is 20.9. The van der Waals surface area contributed by atoms with Gasteiger partial charge in [-0.3, -0.25) is 9.89 Å². The third-order valence-corrected chi connectivity index (χ3v) is 4.99. The summed E-state index contributed by atoms with van der Waals surface area (Å²) in [5.41, 5.74) is 0. The molecule has 2 N–H and O–H groups in total. The molecule has 0 spiro atoms. The summed E-state index contributed by atoms with van der Waals surface area (Å²) in [5, 5.41) is 6.54. The van der Waals surface area contributed by atoms with Crippen LogP contribution in [0.15, 0.2) is 4.99 Å². The van der Waals surface area contributed by atoms with E-state index < -0.39 is 9.84 Å². The second kappa shape index (κ2) is 11.5. The summed E-state index contributed by atoms with van der Waals surface area (Å²) in [5.74, 6) is 0.985. The van der Waals surface area contributed by atoms with Gasteiger partial charge in [-0.05, 0) is 46.2 Å². The first-order chi connectivity index (χ1) is 10.4. The van der Waals surface area contributed by atoms with Crippen LogP contribution in [0.5, 0.6) is 0 Å². The maximum Gasteiger partial charge on any atom is 0.191 e. The van der Waals surface area contributed by atoms with E-state index in [0.717, 1.165) is 25.6 Å². The Morgan fingerprint density at radius 3 is 2.65 bits per heavy atom. The highest BCUT2D eigenvalue weighted by Gasteiger charge is 2.22. The minimum atomic E-state index is -2.91. The van der Waals surface area contributed by atoms with Gasteiger partial charge in [-0.2, -0.15) is 0 Å². The molecule has 2 unspecified atom stereocenters. The van der Waals surface area contributed by atoms with Gasteiger partial charge in [0.25, 0.3) is 0 Å². The fourth-order valence-electron chi connectivity index (χ4n) is 2.73. The quantitative estimate of drug-likeness (QED) is 0.326. The Morgan fingerprint density at radius 2 is 2.09 bits per heavy atom. The Bertz CT molecular complexity index is 456. The molecule has 8 heteroatoms. The van der Waals surface area contributed by atoms with Crippen molar-refractivity contribution < 1.29 is 8.42 Å². The molecule has 1 heterocycles. The molecule has 0 radical (unpaired) electrons. The molecule has 0 amide bonds. The summed E-state index contributed by atoms with van der Waals surface area (Å²) in [4.78, 5) is 7.15. The van der Waals surface area contributed by atoms with E-state index in [2.05, 4.69) is 27.4 Å². The van der Waals surface area contributed by atoms with E-state index in [1.807, 2.05) is 13.8 Å². The zero-order chi connectivity index (χ0) is 16.6. The maximum absolute atomic E-state index is 11.2. The first-order valence-electron chi connectivity index (χ1n) is 8.32. The molecular weight excluding hydrogens is 427 g/mol. The summed E-state index contributed by atoms with van der Waals surface area (Å²) < 4.78 is 22.5. The van der Waals surface area contributed by atoms with Crippen molar-refractivity contribution >= 4 is 39.8 Å². The topological polar surface area (TPSA) is 73.8 Å². The van der Waals surface area contributed by atoms with Gasteiger partial charge in [0.1, 0.15) is 9.84 Å². The van der Waals surface area contributed by atoms with Crippen molar-refractivity contribution in [1.82, 2.24) is 15.5 Å². The lowest BCUT2D eigenvalue weighted by molar-refractivity contribution is 0.273. The third kappa shape index (κ3) is 9.71. The first-order valence-corrected chi connectivity index (χ1v) is 10.4. The lowest BCUT2D eigenvalue weighted by atomic mass is 10.2. The van der Waals surface area contributed by atoms with Crippen molar-refractivity contribution in [2.75, 3.05) is 38.2 Å². The third-order valence-electron chi connectivity index (χ3n) is 4.01. The average Bonchev–Trinajstić information content (AvgIpc) is 2.89. The number of likely N-dealkylation sites (tertiary alicyclic amines) is 1. The number of nitrogens with one attached hydrogen (secondary N) is 2. The molecule has 0 aromatic heterocycles. The Labute approximate surface area is 158 Å². The van der Waals surface area contributed by atoms with Gasteiger partial charge in [0.15, 0.2) is 5.96 Å². The predicted molar refractivity (Wildman–Crippen MR) is 109 cm³/mol. The summed E-state index contributed by atoms with van der Waals surface area (Å²) >= 11 is 0. The first kappa shape index (κ1) is 22.9. The van der Waals surface area contributed by atoms with E-state index in [9.17, 15) is 8.42 Å². The van der Waals surface area contributed by atoms with Gasteiger partial charge in [0.05, 0.1) is 12.3 Å². The van der Waals surface area contributed by atoms with E-state index >= 15 is 0 Å². The van der Waals surface area contributed by atoms with Crippen molar-refractivity contribution in [3.63, 3.8) is 0 Å². The summed E-state index contributed by atoms with van der Waals surface area (Å²) in [6.45, 7) is 10.1. The van der Waals surface area contributed by atoms with E-state index in [0.29, 0.717) is 12.5 Å². The molecule has 138 valence electrons. The van der Waals surface area contributed by atoms with Gasteiger partial charge in [0, 0.05) is 24.9 Å². The lowest BCUT2D eigenvalue weighted by Gasteiger charge is -2.22. The minimum absolute atomic E-state index is 0. The van der Waals surface area contributed by atoms with Gasteiger partial charge < -0.3 is 10.6 Å². The number of likely N-dealkylation sites (N-methyl/N-ethyl adjacent to an activating group) is 1. The highest BCUT2D eigenvalue weighted by atomic mass is 127. The Morgan fingerprint density at radius 1 is 1.39 bits per heavy atom. The molecule has 0 bridgehead atoms. The second-order valence-corrected chi connectivity index (χ2v) is 8.37. The molecule has 1 aliphatic rings. The van der Waals surface area contributed by atoms with Crippen molar-refractivity contribution in [3.8, 4) is 0 Å². The van der Waals surface area contributed by atoms with Crippen LogP contribution in [0.4, 0.5) is 0 Å². The van der Waals surface area contributed by atoms with Crippen LogP contribution in [0.1, 0.15) is 40.0 Å². The van der Waals surface area contributed by atoms with E-state index in [1.165, 1.54) is 25.6 Å². The molecule has 0 aromatic rings. The summed E-state index contributed by atoms with van der Waals surface area (Å²) in [7, 11) is -2.91. The molecule has 0 aliphatic carbocycles. The van der Waals surface area contributed by atoms with Crippen LogP contribution in [-0.4, -0.2) is 69.5 Å². The zero-order valence-electron chi connectivity index (χ0n) is 14.8. The van der Waals surface area contributed by atoms with Gasteiger partial charge in [-0.15, -0.1) is 24.0 Å². The van der Waals surface area contributed by atoms with E-state index in [1.54, 1.807) is 0 Å². The van der Waals surface area contributed by atoms with Crippen molar-refractivity contribution in [2.24, 2.45) is 4.99 Å². The number of sulfone groups is 1. The highest BCUT2D eigenvalue weighted by Crippen LogP contribution is 2.16. The fraction of sp³-hybridized carbons (Fsp3) is 0.933. The van der Waals surface area contributed by atoms with Crippen LogP contribution in [0.25, 0.3) is 0 Å². The molecule has 0 saturated carbocycles. The molecule has 23 heavy (non-hydrogen) atoms. The SMILES string of the molecule is CCNC(=NCC1CCCN1CC)NC(C)CCS(C)(=O)=O.I. The Kier molecular flexibility index (Phi) is 11.4. The van der Waals surface area contributed by atoms with Crippen molar-refractivity contribution in [1.29, 1.82) is 0 Å². The molecule has 2 atom stereocenters. The Hall–Kier alpha value is -0.0900. The minimum Gasteiger partial charge on any atom is -0.357 e. The molecule has 1 saturated heterocycles. The van der Waals surface area contributed by atoms with Gasteiger partial charge in [-0.1, -0.05) is 6.92 Å². The number of rotatable bonds is 8. The largest absolute Gasteiger partial charge is 0.357 e. The molecule has 1 fully saturated rings. The molecule has 1 aliphatic heterocycles. The highest BCUT2D eigenvalue weighted by molar-refractivity contribution is 14.0. The van der Waals surface area contributed by atoms with Crippen LogP contribution in [0.3, 0.4) is 0 Å². The van der Waals surface area contributed by atoms with Gasteiger partial charge in [0.2, 0.25) is 0 Å². The summed E-state index contributed by atoms with van der Waals surface area (Å²) in [6.07, 6.45) is 4.33. The number of guanidine groups is 1. The smallest absolute Gasteiger partial charge is 0.191 e. The number of nitrogens with zero attached hydrogens (tertiary/aromatic N) is 2.